The molecule has 0 heterocycles. The Morgan fingerprint density at radius 3 is 2.18 bits per heavy atom. The topological polar surface area (TPSA) is 21.3 Å². The molecule has 0 aliphatic carbocycles. The van der Waals surface area contributed by atoms with E-state index >= 15 is 0 Å². The predicted molar refractivity (Wildman–Crippen MR) is 97.3 cm³/mol. The van der Waals surface area contributed by atoms with E-state index in [1.807, 2.05) is 26.0 Å². The second-order valence-corrected chi connectivity index (χ2v) is 6.81. The normalized spacial score (nSPS) is 11.2. The number of ether oxygens (including phenoxy) is 1. The van der Waals surface area contributed by atoms with E-state index in [0.717, 1.165) is 18.7 Å². The second kappa shape index (κ2) is 11.2. The summed E-state index contributed by atoms with van der Waals surface area (Å²) in [5.41, 5.74) is 1.09. The van der Waals surface area contributed by atoms with Gasteiger partial charge in [0.25, 0.3) is 0 Å². The molecule has 126 valence electrons. The van der Waals surface area contributed by atoms with E-state index < -0.39 is 0 Å². The quantitative estimate of drug-likeness (QED) is 0.480. The van der Waals surface area contributed by atoms with Crippen LogP contribution >= 0.6 is 23.2 Å². The lowest BCUT2D eigenvalue weighted by atomic mass is 10.1. The molecule has 2 nitrogen and oxygen atoms in total. The van der Waals surface area contributed by atoms with Crippen molar-refractivity contribution in [3.8, 4) is 5.75 Å². The summed E-state index contributed by atoms with van der Waals surface area (Å²) >= 11 is 12.5. The summed E-state index contributed by atoms with van der Waals surface area (Å²) in [5, 5.41) is 4.61. The molecule has 1 rings (SSSR count). The van der Waals surface area contributed by atoms with Gasteiger partial charge in [-0.3, -0.25) is 0 Å². The molecule has 0 spiro atoms. The highest BCUT2D eigenvalue weighted by Crippen LogP contribution is 2.34. The standard InChI is InChI=1S/C18H29Cl2NO/c1-4-5-6-7-8-9-10-21-13-15-11-16(19)18(17(20)12-15)22-14(2)3/h11-12,14,21H,4-10,13H2,1-3H3. The van der Waals surface area contributed by atoms with Crippen molar-refractivity contribution in [1.82, 2.24) is 5.32 Å². The van der Waals surface area contributed by atoms with Crippen molar-refractivity contribution in [3.63, 3.8) is 0 Å². The Hall–Kier alpha value is -0.440. The van der Waals surface area contributed by atoms with E-state index in [4.69, 9.17) is 27.9 Å². The molecule has 1 aromatic carbocycles. The van der Waals surface area contributed by atoms with Gasteiger partial charge in [0.1, 0.15) is 0 Å². The van der Waals surface area contributed by atoms with Crippen LogP contribution in [0.25, 0.3) is 0 Å². The van der Waals surface area contributed by atoms with Crippen LogP contribution in [-0.2, 0) is 6.54 Å². The molecule has 0 radical (unpaired) electrons. The van der Waals surface area contributed by atoms with E-state index in [1.54, 1.807) is 0 Å². The maximum atomic E-state index is 6.25. The minimum Gasteiger partial charge on any atom is -0.488 e. The minimum absolute atomic E-state index is 0.0617. The highest BCUT2D eigenvalue weighted by atomic mass is 35.5. The Balaban J connectivity index is 2.32. The van der Waals surface area contributed by atoms with E-state index in [0.29, 0.717) is 15.8 Å². The van der Waals surface area contributed by atoms with Gasteiger partial charge in [-0.2, -0.15) is 0 Å². The fourth-order valence-electron chi connectivity index (χ4n) is 2.33. The fraction of sp³-hybridized carbons (Fsp3) is 0.667. The molecular formula is C18H29Cl2NO. The third-order valence-corrected chi connectivity index (χ3v) is 4.01. The smallest absolute Gasteiger partial charge is 0.156 e. The van der Waals surface area contributed by atoms with Gasteiger partial charge < -0.3 is 10.1 Å². The maximum absolute atomic E-state index is 6.25. The van der Waals surface area contributed by atoms with Crippen molar-refractivity contribution in [2.75, 3.05) is 6.54 Å². The van der Waals surface area contributed by atoms with Gasteiger partial charge >= 0.3 is 0 Å². The number of hydrogen-bond donors (Lipinski definition) is 1. The lowest BCUT2D eigenvalue weighted by Gasteiger charge is -2.14. The zero-order valence-electron chi connectivity index (χ0n) is 14.1. The van der Waals surface area contributed by atoms with Crippen molar-refractivity contribution < 1.29 is 4.74 Å². The van der Waals surface area contributed by atoms with Gasteiger partial charge in [-0.15, -0.1) is 0 Å². The van der Waals surface area contributed by atoms with Crippen LogP contribution in [0.1, 0.15) is 64.9 Å². The van der Waals surface area contributed by atoms with Crippen LogP contribution in [0.15, 0.2) is 12.1 Å². The Kier molecular flexibility index (Phi) is 9.94. The summed E-state index contributed by atoms with van der Waals surface area (Å²) in [6.45, 7) is 7.99. The first kappa shape index (κ1) is 19.6. The van der Waals surface area contributed by atoms with E-state index in [1.165, 1.54) is 38.5 Å². The summed E-state index contributed by atoms with van der Waals surface area (Å²) in [6, 6.07) is 3.86. The van der Waals surface area contributed by atoms with Gasteiger partial charge in [0.15, 0.2) is 5.75 Å². The van der Waals surface area contributed by atoms with Crippen molar-refractivity contribution in [3.05, 3.63) is 27.7 Å². The lowest BCUT2D eigenvalue weighted by Crippen LogP contribution is -2.15. The predicted octanol–water partition coefficient (Wildman–Crippen LogP) is 6.23. The first-order valence-corrected chi connectivity index (χ1v) is 9.15. The van der Waals surface area contributed by atoms with Gasteiger partial charge in [-0.1, -0.05) is 62.2 Å². The number of benzene rings is 1. The van der Waals surface area contributed by atoms with Crippen LogP contribution < -0.4 is 10.1 Å². The fourth-order valence-corrected chi connectivity index (χ4v) is 2.95. The second-order valence-electron chi connectivity index (χ2n) is 6.00. The number of nitrogens with one attached hydrogen (secondary N) is 1. The van der Waals surface area contributed by atoms with Crippen LogP contribution in [0.3, 0.4) is 0 Å². The minimum atomic E-state index is 0.0617. The molecule has 0 saturated carbocycles. The van der Waals surface area contributed by atoms with Gasteiger partial charge in [0.05, 0.1) is 16.1 Å². The summed E-state index contributed by atoms with van der Waals surface area (Å²) < 4.78 is 5.64. The Morgan fingerprint density at radius 2 is 1.59 bits per heavy atom. The molecule has 1 aromatic rings. The molecule has 0 aliphatic rings. The van der Waals surface area contributed by atoms with Gasteiger partial charge in [-0.05, 0) is 44.5 Å². The molecule has 0 amide bonds. The molecule has 22 heavy (non-hydrogen) atoms. The van der Waals surface area contributed by atoms with Crippen LogP contribution in [0, 0.1) is 0 Å². The Morgan fingerprint density at radius 1 is 1.00 bits per heavy atom. The first-order valence-electron chi connectivity index (χ1n) is 8.39. The van der Waals surface area contributed by atoms with Gasteiger partial charge in [-0.25, -0.2) is 0 Å². The van der Waals surface area contributed by atoms with Crippen molar-refractivity contribution in [2.24, 2.45) is 0 Å². The maximum Gasteiger partial charge on any atom is 0.156 e. The Labute approximate surface area is 145 Å². The van der Waals surface area contributed by atoms with Gasteiger partial charge in [0, 0.05) is 6.54 Å². The van der Waals surface area contributed by atoms with Crippen molar-refractivity contribution in [1.29, 1.82) is 0 Å². The molecule has 0 atom stereocenters. The Bertz CT molecular complexity index is 412. The highest BCUT2D eigenvalue weighted by molar-refractivity contribution is 6.37. The molecule has 1 N–H and O–H groups in total. The molecule has 4 heteroatoms. The van der Waals surface area contributed by atoms with E-state index in [9.17, 15) is 0 Å². The monoisotopic (exact) mass is 345 g/mol. The molecule has 0 unspecified atom stereocenters. The van der Waals surface area contributed by atoms with Crippen LogP contribution in [0.2, 0.25) is 10.0 Å². The largest absolute Gasteiger partial charge is 0.488 e. The molecular weight excluding hydrogens is 317 g/mol. The summed E-state index contributed by atoms with van der Waals surface area (Å²) in [6.07, 6.45) is 7.95. The van der Waals surface area contributed by atoms with Crippen molar-refractivity contribution >= 4 is 23.2 Å². The van der Waals surface area contributed by atoms with Crippen LogP contribution in [0.5, 0.6) is 5.75 Å². The average Bonchev–Trinajstić information content (AvgIpc) is 2.45. The summed E-state index contributed by atoms with van der Waals surface area (Å²) in [5.74, 6) is 0.581. The first-order chi connectivity index (χ1) is 10.5. The van der Waals surface area contributed by atoms with Gasteiger partial charge in [0.2, 0.25) is 0 Å². The average molecular weight is 346 g/mol. The zero-order chi connectivity index (χ0) is 16.4. The molecule has 0 fully saturated rings. The number of halogens is 2. The van der Waals surface area contributed by atoms with Crippen LogP contribution in [-0.4, -0.2) is 12.6 Å². The van der Waals surface area contributed by atoms with Crippen molar-refractivity contribution in [2.45, 2.75) is 71.9 Å². The van der Waals surface area contributed by atoms with E-state index in [2.05, 4.69) is 12.2 Å². The summed E-state index contributed by atoms with van der Waals surface area (Å²) in [7, 11) is 0. The molecule has 0 saturated heterocycles. The third kappa shape index (κ3) is 7.71. The molecule has 0 aliphatic heterocycles. The highest BCUT2D eigenvalue weighted by Gasteiger charge is 2.11. The van der Waals surface area contributed by atoms with Crippen LogP contribution in [0.4, 0.5) is 0 Å². The zero-order valence-corrected chi connectivity index (χ0v) is 15.6. The number of rotatable bonds is 11. The number of hydrogen-bond acceptors (Lipinski definition) is 2. The number of unbranched alkanes of at least 4 members (excludes halogenated alkanes) is 5. The third-order valence-electron chi connectivity index (χ3n) is 3.45. The lowest BCUT2D eigenvalue weighted by molar-refractivity contribution is 0.242. The molecule has 0 bridgehead atoms. The SMILES string of the molecule is CCCCCCCCNCc1cc(Cl)c(OC(C)C)c(Cl)c1. The van der Waals surface area contributed by atoms with E-state index in [-0.39, 0.29) is 6.10 Å². The summed E-state index contributed by atoms with van der Waals surface area (Å²) in [4.78, 5) is 0. The molecule has 0 aromatic heterocycles.